The SMILES string of the molecule is C=CC(=C)c1cc(OC)c(OC)cc1C(=C)C(=C)Cl. The summed E-state index contributed by atoms with van der Waals surface area (Å²) in [6.45, 7) is 15.3. The van der Waals surface area contributed by atoms with Crippen molar-refractivity contribution in [2.45, 2.75) is 0 Å². The van der Waals surface area contributed by atoms with Gasteiger partial charge in [0, 0.05) is 5.03 Å². The van der Waals surface area contributed by atoms with Crippen LogP contribution in [0.1, 0.15) is 11.1 Å². The highest BCUT2D eigenvalue weighted by molar-refractivity contribution is 6.36. The molecule has 0 aliphatic heterocycles. The highest BCUT2D eigenvalue weighted by Crippen LogP contribution is 2.38. The van der Waals surface area contributed by atoms with E-state index >= 15 is 0 Å². The molecule has 0 atom stereocenters. The Kier molecular flexibility index (Phi) is 5.02. The van der Waals surface area contributed by atoms with Gasteiger partial charge in [-0.3, -0.25) is 0 Å². The zero-order valence-corrected chi connectivity index (χ0v) is 12.0. The summed E-state index contributed by atoms with van der Waals surface area (Å²) in [5.74, 6) is 1.20. The van der Waals surface area contributed by atoms with E-state index in [0.29, 0.717) is 22.1 Å². The standard InChI is InChI=1S/C16H17ClO2/c1-7-10(2)13-8-15(18-5)16(19-6)9-14(13)11(3)12(4)17/h7-9H,1-4H2,5-6H3. The van der Waals surface area contributed by atoms with Gasteiger partial charge in [-0.2, -0.15) is 0 Å². The van der Waals surface area contributed by atoms with Crippen molar-refractivity contribution in [3.8, 4) is 11.5 Å². The second kappa shape index (κ2) is 6.30. The number of hydrogen-bond donors (Lipinski definition) is 0. The molecule has 0 spiro atoms. The van der Waals surface area contributed by atoms with Gasteiger partial charge in [-0.25, -0.2) is 0 Å². The zero-order valence-electron chi connectivity index (χ0n) is 11.3. The van der Waals surface area contributed by atoms with Gasteiger partial charge < -0.3 is 9.47 Å². The fourth-order valence-corrected chi connectivity index (χ4v) is 1.75. The molecule has 0 amide bonds. The summed E-state index contributed by atoms with van der Waals surface area (Å²) in [6.07, 6.45) is 1.66. The van der Waals surface area contributed by atoms with Crippen molar-refractivity contribution in [1.29, 1.82) is 0 Å². The third-order valence-electron chi connectivity index (χ3n) is 2.77. The van der Waals surface area contributed by atoms with E-state index < -0.39 is 0 Å². The van der Waals surface area contributed by atoms with Gasteiger partial charge in [0.1, 0.15) is 0 Å². The maximum atomic E-state index is 5.93. The molecule has 0 saturated heterocycles. The number of hydrogen-bond acceptors (Lipinski definition) is 2. The monoisotopic (exact) mass is 276 g/mol. The van der Waals surface area contributed by atoms with E-state index in [9.17, 15) is 0 Å². The molecule has 0 fully saturated rings. The molecule has 0 unspecified atom stereocenters. The summed E-state index contributed by atoms with van der Waals surface area (Å²) in [6, 6.07) is 3.63. The first kappa shape index (κ1) is 15.1. The Bertz CT molecular complexity index is 556. The highest BCUT2D eigenvalue weighted by atomic mass is 35.5. The van der Waals surface area contributed by atoms with Crippen LogP contribution in [0.2, 0.25) is 0 Å². The number of halogens is 1. The molecule has 3 heteroatoms. The Labute approximate surface area is 119 Å². The summed E-state index contributed by atoms with van der Waals surface area (Å²) >= 11 is 5.93. The first-order valence-corrected chi connectivity index (χ1v) is 5.95. The van der Waals surface area contributed by atoms with Gasteiger partial charge in [-0.15, -0.1) is 0 Å². The Balaban J connectivity index is 3.57. The quantitative estimate of drug-likeness (QED) is 0.703. The normalized spacial score (nSPS) is 9.63. The predicted octanol–water partition coefficient (Wildman–Crippen LogP) is 4.67. The number of allylic oxidation sites excluding steroid dienone is 4. The number of ether oxygens (including phenoxy) is 2. The van der Waals surface area contributed by atoms with Gasteiger partial charge in [0.05, 0.1) is 14.2 Å². The van der Waals surface area contributed by atoms with E-state index in [1.54, 1.807) is 26.4 Å². The average molecular weight is 277 g/mol. The Morgan fingerprint density at radius 3 is 1.89 bits per heavy atom. The molecule has 0 radical (unpaired) electrons. The van der Waals surface area contributed by atoms with E-state index in [1.807, 2.05) is 6.07 Å². The number of benzene rings is 1. The second-order valence-corrected chi connectivity index (χ2v) is 4.32. The van der Waals surface area contributed by atoms with Gasteiger partial charge in [0.15, 0.2) is 11.5 Å². The van der Waals surface area contributed by atoms with Crippen molar-refractivity contribution in [2.75, 3.05) is 14.2 Å². The van der Waals surface area contributed by atoms with Crippen LogP contribution in [0.5, 0.6) is 11.5 Å². The van der Waals surface area contributed by atoms with Crippen molar-refractivity contribution >= 4 is 22.7 Å². The maximum Gasteiger partial charge on any atom is 0.161 e. The van der Waals surface area contributed by atoms with Gasteiger partial charge in [-0.1, -0.05) is 44.0 Å². The van der Waals surface area contributed by atoms with Crippen LogP contribution in [0, 0.1) is 0 Å². The van der Waals surface area contributed by atoms with E-state index in [4.69, 9.17) is 21.1 Å². The largest absolute Gasteiger partial charge is 0.493 e. The fraction of sp³-hybridized carbons (Fsp3) is 0.125. The van der Waals surface area contributed by atoms with Gasteiger partial charge >= 0.3 is 0 Å². The number of methoxy groups -OCH3 is 2. The molecule has 2 nitrogen and oxygen atoms in total. The first-order chi connectivity index (χ1) is 8.96. The Morgan fingerprint density at radius 1 is 1.05 bits per heavy atom. The van der Waals surface area contributed by atoms with Crippen LogP contribution in [-0.4, -0.2) is 14.2 Å². The van der Waals surface area contributed by atoms with Crippen molar-refractivity contribution in [2.24, 2.45) is 0 Å². The van der Waals surface area contributed by atoms with Crippen LogP contribution in [0.3, 0.4) is 0 Å². The first-order valence-electron chi connectivity index (χ1n) is 5.58. The summed E-state index contributed by atoms with van der Waals surface area (Å²) < 4.78 is 10.6. The van der Waals surface area contributed by atoms with E-state index in [2.05, 4.69) is 26.3 Å². The molecule has 100 valence electrons. The van der Waals surface area contributed by atoms with Crippen LogP contribution >= 0.6 is 11.6 Å². The molecule has 1 aromatic carbocycles. The molecule has 19 heavy (non-hydrogen) atoms. The van der Waals surface area contributed by atoms with Crippen molar-refractivity contribution < 1.29 is 9.47 Å². The minimum atomic E-state index is 0.366. The van der Waals surface area contributed by atoms with Crippen LogP contribution < -0.4 is 9.47 Å². The van der Waals surface area contributed by atoms with Crippen LogP contribution in [0.25, 0.3) is 11.1 Å². The van der Waals surface area contributed by atoms with Crippen molar-refractivity contribution in [1.82, 2.24) is 0 Å². The summed E-state index contributed by atoms with van der Waals surface area (Å²) in [5, 5.41) is 0.366. The van der Waals surface area contributed by atoms with Gasteiger partial charge in [-0.05, 0) is 34.4 Å². The topological polar surface area (TPSA) is 18.5 Å². The van der Waals surface area contributed by atoms with Crippen LogP contribution in [-0.2, 0) is 0 Å². The smallest absolute Gasteiger partial charge is 0.161 e. The van der Waals surface area contributed by atoms with Crippen molar-refractivity contribution in [3.05, 3.63) is 60.7 Å². The maximum absolute atomic E-state index is 5.93. The summed E-state index contributed by atoms with van der Waals surface area (Å²) in [4.78, 5) is 0. The molecule has 0 bridgehead atoms. The van der Waals surface area contributed by atoms with E-state index in [0.717, 1.165) is 16.7 Å². The lowest BCUT2D eigenvalue weighted by molar-refractivity contribution is 0.355. The molecular formula is C16H17ClO2. The minimum absolute atomic E-state index is 0.366. The van der Waals surface area contributed by atoms with E-state index in [1.165, 1.54) is 0 Å². The average Bonchev–Trinajstić information content (AvgIpc) is 2.43. The molecule has 1 aromatic rings. The van der Waals surface area contributed by atoms with Gasteiger partial charge in [0.2, 0.25) is 0 Å². The number of rotatable bonds is 6. The van der Waals surface area contributed by atoms with Gasteiger partial charge in [0.25, 0.3) is 0 Å². The molecular weight excluding hydrogens is 260 g/mol. The second-order valence-electron chi connectivity index (χ2n) is 3.87. The van der Waals surface area contributed by atoms with Crippen molar-refractivity contribution in [3.63, 3.8) is 0 Å². The van der Waals surface area contributed by atoms with Crippen LogP contribution in [0.4, 0.5) is 0 Å². The third kappa shape index (κ3) is 3.09. The molecule has 0 aliphatic rings. The predicted molar refractivity (Wildman–Crippen MR) is 82.8 cm³/mol. The summed E-state index contributed by atoms with van der Waals surface area (Å²) in [5.41, 5.74) is 2.98. The Hall–Kier alpha value is -1.93. The highest BCUT2D eigenvalue weighted by Gasteiger charge is 2.15. The lowest BCUT2D eigenvalue weighted by atomic mass is 9.95. The lowest BCUT2D eigenvalue weighted by Gasteiger charge is -2.16. The molecule has 0 saturated carbocycles. The van der Waals surface area contributed by atoms with Crippen LogP contribution in [0.15, 0.2) is 49.6 Å². The fourth-order valence-electron chi connectivity index (χ4n) is 1.65. The molecule has 0 N–H and O–H groups in total. The molecule has 0 aromatic heterocycles. The molecule has 1 rings (SSSR count). The Morgan fingerprint density at radius 2 is 1.53 bits per heavy atom. The molecule has 0 heterocycles. The third-order valence-corrected chi connectivity index (χ3v) is 3.00. The lowest BCUT2D eigenvalue weighted by Crippen LogP contribution is -1.97. The molecule has 0 aliphatic carbocycles. The summed E-state index contributed by atoms with van der Waals surface area (Å²) in [7, 11) is 3.15. The minimum Gasteiger partial charge on any atom is -0.493 e. The zero-order chi connectivity index (χ0) is 14.6. The van der Waals surface area contributed by atoms with E-state index in [-0.39, 0.29) is 0 Å².